The number of aromatic nitrogens is 3. The monoisotopic (exact) mass is 344 g/mol. The molecule has 1 fully saturated rings. The van der Waals surface area contributed by atoms with E-state index in [-0.39, 0.29) is 6.61 Å². The number of nitrogens with zero attached hydrogens (tertiary/aromatic N) is 3. The Bertz CT molecular complexity index is 621. The Morgan fingerprint density at radius 3 is 2.95 bits per heavy atom. The van der Waals surface area contributed by atoms with Gasteiger partial charge in [-0.3, -0.25) is 0 Å². The van der Waals surface area contributed by atoms with Crippen LogP contribution in [0.5, 0.6) is 0 Å². The zero-order valence-corrected chi connectivity index (χ0v) is 11.8. The van der Waals surface area contributed by atoms with Crippen LogP contribution in [0.2, 0.25) is 0 Å². The Morgan fingerprint density at radius 2 is 2.20 bits per heavy atom. The minimum Gasteiger partial charge on any atom is -0.387 e. The molecule has 0 radical (unpaired) electrons. The fourth-order valence-electron chi connectivity index (χ4n) is 2.35. The average molecular weight is 345 g/mol. The van der Waals surface area contributed by atoms with Crippen molar-refractivity contribution in [3.05, 3.63) is 18.6 Å². The Labute approximate surface area is 122 Å². The standard InChI is InChI=1S/C11H13BrN4O4/c12-19-3-6-7(17)8(18)11(20-6)16-2-1-5-9(13)14-4-15-10(5)16/h1-2,4,6-8,11,17-18H,3H2,(H2,13,14,15)/t6-,7-,8-,11-/m1/s1. The largest absolute Gasteiger partial charge is 0.387 e. The van der Waals surface area contributed by atoms with E-state index in [1.54, 1.807) is 16.8 Å². The third-order valence-corrected chi connectivity index (χ3v) is 3.64. The normalized spacial score (nSPS) is 30.1. The van der Waals surface area contributed by atoms with E-state index in [1.807, 2.05) is 0 Å². The topological polar surface area (TPSA) is 116 Å². The smallest absolute Gasteiger partial charge is 0.164 e. The van der Waals surface area contributed by atoms with E-state index in [1.165, 1.54) is 6.33 Å². The molecule has 0 aromatic carbocycles. The number of aliphatic hydroxyl groups is 2. The Hall–Kier alpha value is -1.26. The second-order valence-corrected chi connectivity index (χ2v) is 5.00. The molecular weight excluding hydrogens is 332 g/mol. The van der Waals surface area contributed by atoms with Crippen LogP contribution < -0.4 is 5.73 Å². The van der Waals surface area contributed by atoms with Gasteiger partial charge in [0, 0.05) is 6.20 Å². The van der Waals surface area contributed by atoms with Crippen LogP contribution in [0, 0.1) is 0 Å². The first-order chi connectivity index (χ1) is 9.63. The van der Waals surface area contributed by atoms with Crippen LogP contribution >= 0.6 is 16.3 Å². The number of halogens is 1. The first kappa shape index (κ1) is 13.7. The number of ether oxygens (including phenoxy) is 1. The molecule has 4 atom stereocenters. The molecular formula is C11H13BrN4O4. The highest BCUT2D eigenvalue weighted by Crippen LogP contribution is 2.32. The van der Waals surface area contributed by atoms with E-state index in [9.17, 15) is 10.2 Å². The molecule has 108 valence electrons. The lowest BCUT2D eigenvalue weighted by atomic mass is 10.1. The fourth-order valence-corrected chi connectivity index (χ4v) is 2.62. The lowest BCUT2D eigenvalue weighted by Gasteiger charge is -2.17. The van der Waals surface area contributed by atoms with Crippen molar-refractivity contribution in [2.45, 2.75) is 24.5 Å². The predicted molar refractivity (Wildman–Crippen MR) is 72.7 cm³/mol. The van der Waals surface area contributed by atoms with Gasteiger partial charge in [0.15, 0.2) is 6.23 Å². The number of hydrogen-bond donors (Lipinski definition) is 3. The molecule has 20 heavy (non-hydrogen) atoms. The third-order valence-electron chi connectivity index (χ3n) is 3.38. The minimum atomic E-state index is -1.09. The molecule has 1 aliphatic heterocycles. The van der Waals surface area contributed by atoms with Gasteiger partial charge >= 0.3 is 0 Å². The summed E-state index contributed by atoms with van der Waals surface area (Å²) in [6.45, 7) is 0.116. The Morgan fingerprint density at radius 1 is 1.40 bits per heavy atom. The molecule has 2 aromatic heterocycles. The van der Waals surface area contributed by atoms with Crippen LogP contribution in [0.15, 0.2) is 18.6 Å². The fraction of sp³-hybridized carbons (Fsp3) is 0.455. The van der Waals surface area contributed by atoms with Crippen molar-refractivity contribution in [1.82, 2.24) is 14.5 Å². The molecule has 2 aromatic rings. The number of nitrogen functional groups attached to an aromatic ring is 1. The summed E-state index contributed by atoms with van der Waals surface area (Å²) in [5, 5.41) is 20.7. The van der Waals surface area contributed by atoms with Crippen LogP contribution in [0.3, 0.4) is 0 Å². The molecule has 4 N–H and O–H groups in total. The van der Waals surface area contributed by atoms with Crippen molar-refractivity contribution in [3.63, 3.8) is 0 Å². The van der Waals surface area contributed by atoms with Crippen LogP contribution in [0.4, 0.5) is 5.82 Å². The predicted octanol–water partition coefficient (Wildman–Crippen LogP) is -0.0408. The summed E-state index contributed by atoms with van der Waals surface area (Å²) < 4.78 is 12.0. The molecule has 8 nitrogen and oxygen atoms in total. The molecule has 9 heteroatoms. The highest BCUT2D eigenvalue weighted by Gasteiger charge is 2.44. The van der Waals surface area contributed by atoms with Gasteiger partial charge in [-0.2, -0.15) is 0 Å². The van der Waals surface area contributed by atoms with Gasteiger partial charge in [0.1, 0.15) is 36.1 Å². The van der Waals surface area contributed by atoms with Crippen LogP contribution in [-0.4, -0.2) is 49.7 Å². The number of nitrogens with two attached hydrogens (primary N) is 1. The molecule has 0 spiro atoms. The molecule has 0 unspecified atom stereocenters. The number of anilines is 1. The van der Waals surface area contributed by atoms with Crippen molar-refractivity contribution >= 4 is 33.1 Å². The van der Waals surface area contributed by atoms with E-state index in [0.717, 1.165) is 0 Å². The van der Waals surface area contributed by atoms with Crippen molar-refractivity contribution in [2.24, 2.45) is 0 Å². The number of rotatable bonds is 3. The zero-order chi connectivity index (χ0) is 14.3. The summed E-state index contributed by atoms with van der Waals surface area (Å²) in [6.07, 6.45) is -0.502. The lowest BCUT2D eigenvalue weighted by Crippen LogP contribution is -2.33. The van der Waals surface area contributed by atoms with E-state index < -0.39 is 24.5 Å². The molecule has 3 heterocycles. The van der Waals surface area contributed by atoms with Crippen LogP contribution in [-0.2, 0) is 8.57 Å². The number of hydrogen-bond acceptors (Lipinski definition) is 7. The summed E-state index contributed by atoms with van der Waals surface area (Å²) >= 11 is 2.81. The molecule has 0 amide bonds. The average Bonchev–Trinajstić information content (AvgIpc) is 2.97. The van der Waals surface area contributed by atoms with Gasteiger partial charge in [0.05, 0.1) is 28.3 Å². The minimum absolute atomic E-state index is 0.116. The van der Waals surface area contributed by atoms with Crippen molar-refractivity contribution < 1.29 is 18.8 Å². The SMILES string of the molecule is Nc1ncnc2c1ccn2[C@@H]1O[C@H](COBr)[C@@H](O)[C@H]1O. The molecule has 0 saturated carbocycles. The Balaban J connectivity index is 1.97. The van der Waals surface area contributed by atoms with Gasteiger partial charge in [-0.25, -0.2) is 9.97 Å². The van der Waals surface area contributed by atoms with Crippen LogP contribution in [0.1, 0.15) is 6.23 Å². The summed E-state index contributed by atoms with van der Waals surface area (Å²) in [5.41, 5.74) is 6.30. The number of fused-ring (bicyclic) bond motifs is 1. The third kappa shape index (κ3) is 2.07. The van der Waals surface area contributed by atoms with Crippen molar-refractivity contribution in [2.75, 3.05) is 12.3 Å². The first-order valence-corrected chi connectivity index (χ1v) is 6.60. The quantitative estimate of drug-likeness (QED) is 0.715. The van der Waals surface area contributed by atoms with E-state index in [2.05, 4.69) is 26.2 Å². The van der Waals surface area contributed by atoms with Crippen LogP contribution in [0.25, 0.3) is 11.0 Å². The molecule has 3 rings (SSSR count). The Kier molecular flexibility index (Phi) is 3.61. The maximum Gasteiger partial charge on any atom is 0.164 e. The van der Waals surface area contributed by atoms with Gasteiger partial charge < -0.3 is 29.1 Å². The van der Waals surface area contributed by atoms with E-state index in [4.69, 9.17) is 14.3 Å². The van der Waals surface area contributed by atoms with Crippen molar-refractivity contribution in [3.8, 4) is 0 Å². The molecule has 0 bridgehead atoms. The van der Waals surface area contributed by atoms with Gasteiger partial charge in [-0.1, -0.05) is 0 Å². The zero-order valence-electron chi connectivity index (χ0n) is 10.3. The summed E-state index contributed by atoms with van der Waals surface area (Å²) in [4.78, 5) is 8.04. The summed E-state index contributed by atoms with van der Waals surface area (Å²) in [7, 11) is 0. The summed E-state index contributed by atoms with van der Waals surface area (Å²) in [5.74, 6) is 0.349. The second-order valence-electron chi connectivity index (χ2n) is 4.54. The van der Waals surface area contributed by atoms with Gasteiger partial charge in [-0.15, -0.1) is 0 Å². The lowest BCUT2D eigenvalue weighted by molar-refractivity contribution is -0.0441. The van der Waals surface area contributed by atoms with Gasteiger partial charge in [-0.05, 0) is 6.07 Å². The van der Waals surface area contributed by atoms with Gasteiger partial charge in [0.2, 0.25) is 0 Å². The maximum absolute atomic E-state index is 10.1. The molecule has 0 aliphatic carbocycles. The van der Waals surface area contributed by atoms with E-state index >= 15 is 0 Å². The van der Waals surface area contributed by atoms with Gasteiger partial charge in [0.25, 0.3) is 0 Å². The highest BCUT2D eigenvalue weighted by molar-refractivity contribution is 9.06. The highest BCUT2D eigenvalue weighted by atomic mass is 79.9. The maximum atomic E-state index is 10.1. The number of aliphatic hydroxyl groups excluding tert-OH is 2. The van der Waals surface area contributed by atoms with E-state index in [0.29, 0.717) is 16.9 Å². The van der Waals surface area contributed by atoms with Crippen molar-refractivity contribution in [1.29, 1.82) is 0 Å². The summed E-state index contributed by atoms with van der Waals surface area (Å²) in [6, 6.07) is 1.74. The molecule has 1 saturated heterocycles. The first-order valence-electron chi connectivity index (χ1n) is 5.95. The molecule has 1 aliphatic rings. The second kappa shape index (κ2) is 5.26.